The summed E-state index contributed by atoms with van der Waals surface area (Å²) in [4.78, 5) is 17.7. The van der Waals surface area contributed by atoms with Gasteiger partial charge in [0.05, 0.1) is 37.1 Å². The van der Waals surface area contributed by atoms with Crippen LogP contribution in [0, 0.1) is 0 Å². The van der Waals surface area contributed by atoms with Crippen LogP contribution >= 0.6 is 11.3 Å². The van der Waals surface area contributed by atoms with Gasteiger partial charge in [-0.2, -0.15) is 0 Å². The van der Waals surface area contributed by atoms with Crippen molar-refractivity contribution in [3.8, 4) is 0 Å². The molecule has 1 aromatic rings. The lowest BCUT2D eigenvalue weighted by atomic mass is 10.1. The maximum atomic E-state index is 11.9. The SMILES string of the molecule is CCOC(=O)C1CCc2sc(CCOCCOC)nc21. The molecule has 1 aliphatic rings. The lowest BCUT2D eigenvalue weighted by molar-refractivity contribution is -0.145. The first-order valence-corrected chi connectivity index (χ1v) is 7.79. The molecule has 1 heterocycles. The van der Waals surface area contributed by atoms with E-state index >= 15 is 0 Å². The Morgan fingerprint density at radius 3 is 3.00 bits per heavy atom. The Labute approximate surface area is 123 Å². The van der Waals surface area contributed by atoms with Crippen LogP contribution < -0.4 is 0 Å². The van der Waals surface area contributed by atoms with Gasteiger partial charge < -0.3 is 14.2 Å². The molecule has 5 nitrogen and oxygen atoms in total. The third kappa shape index (κ3) is 3.77. The Morgan fingerprint density at radius 2 is 2.25 bits per heavy atom. The second-order valence-electron chi connectivity index (χ2n) is 4.61. The molecule has 0 fully saturated rings. The highest BCUT2D eigenvalue weighted by atomic mass is 32.1. The van der Waals surface area contributed by atoms with Crippen molar-refractivity contribution in [3.63, 3.8) is 0 Å². The molecule has 0 bridgehead atoms. The molecule has 0 aromatic carbocycles. The van der Waals surface area contributed by atoms with Crippen molar-refractivity contribution in [3.05, 3.63) is 15.6 Å². The quantitative estimate of drug-likeness (QED) is 0.542. The van der Waals surface area contributed by atoms with Gasteiger partial charge in [-0.1, -0.05) is 0 Å². The van der Waals surface area contributed by atoms with E-state index in [9.17, 15) is 4.79 Å². The molecular weight excluding hydrogens is 278 g/mol. The van der Waals surface area contributed by atoms with Gasteiger partial charge in [0.1, 0.15) is 5.92 Å². The lowest BCUT2D eigenvalue weighted by Gasteiger charge is -2.07. The summed E-state index contributed by atoms with van der Waals surface area (Å²) in [6, 6.07) is 0. The fraction of sp³-hybridized carbons (Fsp3) is 0.714. The number of aryl methyl sites for hydroxylation is 1. The van der Waals surface area contributed by atoms with Gasteiger partial charge >= 0.3 is 5.97 Å². The topological polar surface area (TPSA) is 57.7 Å². The molecule has 112 valence electrons. The molecule has 0 N–H and O–H groups in total. The summed E-state index contributed by atoms with van der Waals surface area (Å²) < 4.78 is 15.5. The highest BCUT2D eigenvalue weighted by molar-refractivity contribution is 7.11. The summed E-state index contributed by atoms with van der Waals surface area (Å²) >= 11 is 1.69. The van der Waals surface area contributed by atoms with Crippen molar-refractivity contribution >= 4 is 17.3 Å². The molecule has 6 heteroatoms. The molecule has 0 aliphatic heterocycles. The van der Waals surface area contributed by atoms with E-state index in [0.29, 0.717) is 26.4 Å². The maximum Gasteiger partial charge on any atom is 0.315 e. The summed E-state index contributed by atoms with van der Waals surface area (Å²) in [5.41, 5.74) is 0.931. The number of carbonyl (C=O) groups is 1. The van der Waals surface area contributed by atoms with Crippen molar-refractivity contribution in [2.24, 2.45) is 0 Å². The second-order valence-corrected chi connectivity index (χ2v) is 5.78. The normalized spacial score (nSPS) is 17.2. The molecule has 0 saturated heterocycles. The fourth-order valence-corrected chi connectivity index (χ4v) is 3.39. The molecule has 1 aromatic heterocycles. The largest absolute Gasteiger partial charge is 0.465 e. The van der Waals surface area contributed by atoms with Gasteiger partial charge in [0.15, 0.2) is 0 Å². The van der Waals surface area contributed by atoms with Crippen LogP contribution in [0.25, 0.3) is 0 Å². The first kappa shape index (κ1) is 15.4. The average Bonchev–Trinajstić information content (AvgIpc) is 2.98. The van der Waals surface area contributed by atoms with Crippen LogP contribution in [0.15, 0.2) is 0 Å². The monoisotopic (exact) mass is 299 g/mol. The minimum Gasteiger partial charge on any atom is -0.465 e. The van der Waals surface area contributed by atoms with Gasteiger partial charge in [-0.15, -0.1) is 11.3 Å². The standard InChI is InChI=1S/C14H21NO4S/c1-3-19-14(16)10-4-5-11-13(10)15-12(20-11)6-7-18-9-8-17-2/h10H,3-9H2,1-2H3. The molecule has 0 amide bonds. The number of aromatic nitrogens is 1. The molecule has 0 spiro atoms. The number of nitrogens with zero attached hydrogens (tertiary/aromatic N) is 1. The van der Waals surface area contributed by atoms with E-state index < -0.39 is 0 Å². The van der Waals surface area contributed by atoms with E-state index in [2.05, 4.69) is 4.98 Å². The van der Waals surface area contributed by atoms with Crippen molar-refractivity contribution in [2.75, 3.05) is 33.5 Å². The summed E-state index contributed by atoms with van der Waals surface area (Å²) in [5.74, 6) is -0.302. The Hall–Kier alpha value is -0.980. The van der Waals surface area contributed by atoms with E-state index in [0.717, 1.165) is 30.0 Å². The van der Waals surface area contributed by atoms with Crippen molar-refractivity contribution in [1.29, 1.82) is 0 Å². The van der Waals surface area contributed by atoms with Crippen LogP contribution in [-0.2, 0) is 31.8 Å². The molecule has 2 rings (SSSR count). The maximum absolute atomic E-state index is 11.9. The van der Waals surface area contributed by atoms with Crippen LogP contribution in [0.2, 0.25) is 0 Å². The molecule has 0 radical (unpaired) electrons. The predicted molar refractivity (Wildman–Crippen MR) is 76.2 cm³/mol. The van der Waals surface area contributed by atoms with E-state index in [1.165, 1.54) is 4.88 Å². The molecule has 1 aliphatic carbocycles. The smallest absolute Gasteiger partial charge is 0.315 e. The minimum absolute atomic E-state index is 0.139. The van der Waals surface area contributed by atoms with Gasteiger partial charge in [0, 0.05) is 18.4 Å². The van der Waals surface area contributed by atoms with E-state index in [1.54, 1.807) is 18.4 Å². The molecule has 0 saturated carbocycles. The van der Waals surface area contributed by atoms with Crippen molar-refractivity contribution in [2.45, 2.75) is 32.1 Å². The van der Waals surface area contributed by atoms with Crippen molar-refractivity contribution in [1.82, 2.24) is 4.98 Å². The minimum atomic E-state index is -0.163. The summed E-state index contributed by atoms with van der Waals surface area (Å²) in [5, 5.41) is 1.04. The van der Waals surface area contributed by atoms with Crippen LogP contribution in [0.5, 0.6) is 0 Å². The number of carbonyl (C=O) groups excluding carboxylic acids is 1. The third-order valence-corrected chi connectivity index (χ3v) is 4.42. The van der Waals surface area contributed by atoms with Gasteiger partial charge in [-0.3, -0.25) is 4.79 Å². The Morgan fingerprint density at radius 1 is 1.40 bits per heavy atom. The predicted octanol–water partition coefficient (Wildman–Crippen LogP) is 1.94. The number of hydrogen-bond donors (Lipinski definition) is 0. The number of esters is 1. The van der Waals surface area contributed by atoms with E-state index in [4.69, 9.17) is 14.2 Å². The van der Waals surface area contributed by atoms with Crippen LogP contribution in [-0.4, -0.2) is 44.5 Å². The highest BCUT2D eigenvalue weighted by Gasteiger charge is 2.33. The number of ether oxygens (including phenoxy) is 3. The number of fused-ring (bicyclic) bond motifs is 1. The summed E-state index contributed by atoms with van der Waals surface area (Å²) in [7, 11) is 1.66. The zero-order valence-electron chi connectivity index (χ0n) is 12.0. The average molecular weight is 299 g/mol. The molecule has 20 heavy (non-hydrogen) atoms. The molecule has 1 unspecified atom stereocenters. The van der Waals surface area contributed by atoms with Crippen LogP contribution in [0.3, 0.4) is 0 Å². The number of methoxy groups -OCH3 is 1. The van der Waals surface area contributed by atoms with Gasteiger partial charge in [-0.25, -0.2) is 4.98 Å². The van der Waals surface area contributed by atoms with Gasteiger partial charge in [0.25, 0.3) is 0 Å². The lowest BCUT2D eigenvalue weighted by Crippen LogP contribution is -2.14. The highest BCUT2D eigenvalue weighted by Crippen LogP contribution is 2.37. The third-order valence-electron chi connectivity index (χ3n) is 3.23. The Kier molecular flexibility index (Phi) is 5.94. The Bertz CT molecular complexity index is 446. The van der Waals surface area contributed by atoms with E-state index in [-0.39, 0.29) is 11.9 Å². The van der Waals surface area contributed by atoms with Gasteiger partial charge in [-0.05, 0) is 19.8 Å². The van der Waals surface area contributed by atoms with Crippen LogP contribution in [0.1, 0.15) is 34.8 Å². The summed E-state index contributed by atoms with van der Waals surface area (Å²) in [6.45, 7) is 4.11. The number of thiazole rings is 1. The number of hydrogen-bond acceptors (Lipinski definition) is 6. The second kappa shape index (κ2) is 7.71. The fourth-order valence-electron chi connectivity index (χ4n) is 2.26. The van der Waals surface area contributed by atoms with E-state index in [1.807, 2.05) is 6.92 Å². The first-order chi connectivity index (χ1) is 9.76. The zero-order chi connectivity index (χ0) is 14.4. The van der Waals surface area contributed by atoms with Gasteiger partial charge in [0.2, 0.25) is 0 Å². The summed E-state index contributed by atoms with van der Waals surface area (Å²) in [6.07, 6.45) is 2.55. The Balaban J connectivity index is 1.86. The molecular formula is C14H21NO4S. The van der Waals surface area contributed by atoms with Crippen LogP contribution in [0.4, 0.5) is 0 Å². The zero-order valence-corrected chi connectivity index (χ0v) is 12.8. The number of rotatable bonds is 8. The molecule has 1 atom stereocenters. The first-order valence-electron chi connectivity index (χ1n) is 6.98. The van der Waals surface area contributed by atoms with Crippen molar-refractivity contribution < 1.29 is 19.0 Å².